The molecule has 1 aromatic carbocycles. The molecule has 1 N–H and O–H groups in total. The van der Waals surface area contributed by atoms with Gasteiger partial charge in [-0.15, -0.1) is 0 Å². The van der Waals surface area contributed by atoms with Crippen LogP contribution in [0.2, 0.25) is 5.15 Å². The SMILES string of the molecule is O=C(O)N1CCCC(Oc2ccc3c(Cl)nccc3c2)C1. The first kappa shape index (κ1) is 13.9. The largest absolute Gasteiger partial charge is 0.489 e. The van der Waals surface area contributed by atoms with Gasteiger partial charge in [-0.25, -0.2) is 9.78 Å². The predicted octanol–water partition coefficient (Wildman–Crippen LogP) is 3.41. The van der Waals surface area contributed by atoms with Crippen molar-refractivity contribution in [2.75, 3.05) is 13.1 Å². The first-order chi connectivity index (χ1) is 10.1. The van der Waals surface area contributed by atoms with E-state index in [1.54, 1.807) is 6.20 Å². The Balaban J connectivity index is 1.77. The third-order valence-electron chi connectivity index (χ3n) is 3.64. The van der Waals surface area contributed by atoms with E-state index >= 15 is 0 Å². The monoisotopic (exact) mass is 306 g/mol. The summed E-state index contributed by atoms with van der Waals surface area (Å²) in [6.07, 6.45) is 2.34. The van der Waals surface area contributed by atoms with Crippen LogP contribution in [-0.2, 0) is 0 Å². The van der Waals surface area contributed by atoms with Gasteiger partial charge in [0.25, 0.3) is 0 Å². The zero-order valence-electron chi connectivity index (χ0n) is 11.3. The fourth-order valence-corrected chi connectivity index (χ4v) is 2.82. The van der Waals surface area contributed by atoms with Gasteiger partial charge in [0, 0.05) is 18.1 Å². The molecule has 6 heteroatoms. The molecule has 1 aliphatic rings. The fraction of sp³-hybridized carbons (Fsp3) is 0.333. The second-order valence-corrected chi connectivity index (χ2v) is 5.45. The molecule has 21 heavy (non-hydrogen) atoms. The molecule has 1 aliphatic heterocycles. The number of carboxylic acid groups (broad SMARTS) is 1. The minimum Gasteiger partial charge on any atom is -0.489 e. The van der Waals surface area contributed by atoms with Gasteiger partial charge in [-0.1, -0.05) is 11.6 Å². The van der Waals surface area contributed by atoms with Gasteiger partial charge in [0.15, 0.2) is 0 Å². The third-order valence-corrected chi connectivity index (χ3v) is 3.94. The number of nitrogens with zero attached hydrogens (tertiary/aromatic N) is 2. The highest BCUT2D eigenvalue weighted by Crippen LogP contribution is 2.26. The molecule has 110 valence electrons. The third kappa shape index (κ3) is 3.03. The molecular weight excluding hydrogens is 292 g/mol. The molecule has 1 atom stereocenters. The maximum absolute atomic E-state index is 11.0. The van der Waals surface area contributed by atoms with E-state index in [1.807, 2.05) is 24.3 Å². The predicted molar refractivity (Wildman–Crippen MR) is 80.0 cm³/mol. The van der Waals surface area contributed by atoms with Gasteiger partial charge in [0.1, 0.15) is 17.0 Å². The molecule has 2 heterocycles. The van der Waals surface area contributed by atoms with Crippen LogP contribution in [0.1, 0.15) is 12.8 Å². The van der Waals surface area contributed by atoms with E-state index in [0.717, 1.165) is 29.4 Å². The minimum atomic E-state index is -0.889. The molecule has 0 saturated carbocycles. The van der Waals surface area contributed by atoms with Crippen LogP contribution in [0.25, 0.3) is 10.8 Å². The van der Waals surface area contributed by atoms with E-state index in [-0.39, 0.29) is 6.10 Å². The Morgan fingerprint density at radius 1 is 1.43 bits per heavy atom. The quantitative estimate of drug-likeness (QED) is 0.864. The highest BCUT2D eigenvalue weighted by molar-refractivity contribution is 6.34. The first-order valence-corrected chi connectivity index (χ1v) is 7.20. The number of rotatable bonds is 2. The molecule has 1 unspecified atom stereocenters. The number of ether oxygens (including phenoxy) is 1. The van der Waals surface area contributed by atoms with Gasteiger partial charge in [-0.3, -0.25) is 0 Å². The van der Waals surface area contributed by atoms with Crippen LogP contribution in [0.3, 0.4) is 0 Å². The lowest BCUT2D eigenvalue weighted by atomic mass is 10.1. The van der Waals surface area contributed by atoms with E-state index in [2.05, 4.69) is 4.98 Å². The van der Waals surface area contributed by atoms with E-state index in [0.29, 0.717) is 18.2 Å². The molecule has 1 aromatic heterocycles. The Kier molecular flexibility index (Phi) is 3.84. The number of piperidine rings is 1. The van der Waals surface area contributed by atoms with Crippen molar-refractivity contribution < 1.29 is 14.6 Å². The van der Waals surface area contributed by atoms with Crippen LogP contribution in [0.5, 0.6) is 5.75 Å². The number of amides is 1. The number of hydrogen-bond donors (Lipinski definition) is 1. The van der Waals surface area contributed by atoms with Gasteiger partial charge in [0.2, 0.25) is 0 Å². The number of pyridine rings is 1. The lowest BCUT2D eigenvalue weighted by Crippen LogP contribution is -2.43. The minimum absolute atomic E-state index is 0.107. The second kappa shape index (κ2) is 5.77. The summed E-state index contributed by atoms with van der Waals surface area (Å²) < 4.78 is 5.92. The molecule has 0 radical (unpaired) electrons. The number of carbonyl (C=O) groups is 1. The van der Waals surface area contributed by atoms with Crippen molar-refractivity contribution in [3.63, 3.8) is 0 Å². The summed E-state index contributed by atoms with van der Waals surface area (Å²) in [5.41, 5.74) is 0. The molecule has 1 saturated heterocycles. The second-order valence-electron chi connectivity index (χ2n) is 5.10. The average Bonchev–Trinajstić information content (AvgIpc) is 2.47. The van der Waals surface area contributed by atoms with E-state index < -0.39 is 6.09 Å². The highest BCUT2D eigenvalue weighted by Gasteiger charge is 2.24. The average molecular weight is 307 g/mol. The van der Waals surface area contributed by atoms with Gasteiger partial charge < -0.3 is 14.7 Å². The molecule has 5 nitrogen and oxygen atoms in total. The number of fused-ring (bicyclic) bond motifs is 1. The summed E-state index contributed by atoms with van der Waals surface area (Å²) >= 11 is 6.03. The Morgan fingerprint density at radius 3 is 3.10 bits per heavy atom. The van der Waals surface area contributed by atoms with Crippen molar-refractivity contribution in [2.45, 2.75) is 18.9 Å². The first-order valence-electron chi connectivity index (χ1n) is 6.82. The van der Waals surface area contributed by atoms with E-state index in [4.69, 9.17) is 21.4 Å². The van der Waals surface area contributed by atoms with Crippen LogP contribution in [0.15, 0.2) is 30.5 Å². The summed E-state index contributed by atoms with van der Waals surface area (Å²) in [6, 6.07) is 7.49. The summed E-state index contributed by atoms with van der Waals surface area (Å²) in [4.78, 5) is 16.4. The van der Waals surface area contributed by atoms with Crippen molar-refractivity contribution in [1.82, 2.24) is 9.88 Å². The lowest BCUT2D eigenvalue weighted by molar-refractivity contribution is 0.0792. The number of halogens is 1. The zero-order valence-corrected chi connectivity index (χ0v) is 12.1. The molecule has 1 amide bonds. The maximum Gasteiger partial charge on any atom is 0.407 e. The lowest BCUT2D eigenvalue weighted by Gasteiger charge is -2.31. The van der Waals surface area contributed by atoms with Crippen LogP contribution in [-0.4, -0.2) is 40.3 Å². The Hall–Kier alpha value is -2.01. The van der Waals surface area contributed by atoms with Gasteiger partial charge in [-0.2, -0.15) is 0 Å². The van der Waals surface area contributed by atoms with Gasteiger partial charge >= 0.3 is 6.09 Å². The highest BCUT2D eigenvalue weighted by atomic mass is 35.5. The molecule has 3 rings (SSSR count). The number of benzene rings is 1. The van der Waals surface area contributed by atoms with E-state index in [1.165, 1.54) is 4.90 Å². The molecule has 1 fully saturated rings. The van der Waals surface area contributed by atoms with Crippen molar-refractivity contribution in [3.05, 3.63) is 35.6 Å². The number of likely N-dealkylation sites (tertiary alicyclic amines) is 1. The van der Waals surface area contributed by atoms with Crippen molar-refractivity contribution in [1.29, 1.82) is 0 Å². The Morgan fingerprint density at radius 2 is 2.29 bits per heavy atom. The summed E-state index contributed by atoms with van der Waals surface area (Å²) in [5, 5.41) is 11.3. The molecule has 0 aliphatic carbocycles. The van der Waals surface area contributed by atoms with Gasteiger partial charge in [0.05, 0.1) is 6.54 Å². The maximum atomic E-state index is 11.0. The normalized spacial score (nSPS) is 18.7. The Labute approximate surface area is 127 Å². The van der Waals surface area contributed by atoms with Crippen molar-refractivity contribution in [3.8, 4) is 5.75 Å². The zero-order chi connectivity index (χ0) is 14.8. The summed E-state index contributed by atoms with van der Waals surface area (Å²) in [6.45, 7) is 0.985. The molecular formula is C15H15ClN2O3. The van der Waals surface area contributed by atoms with Crippen LogP contribution in [0, 0.1) is 0 Å². The standard InChI is InChI=1S/C15H15ClN2O3/c16-14-13-4-3-11(8-10(13)5-6-17-14)21-12-2-1-7-18(9-12)15(19)20/h3-6,8,12H,1-2,7,9H2,(H,19,20). The Bertz CT molecular complexity index is 677. The molecule has 0 bridgehead atoms. The summed E-state index contributed by atoms with van der Waals surface area (Å²) in [5.74, 6) is 0.724. The summed E-state index contributed by atoms with van der Waals surface area (Å²) in [7, 11) is 0. The van der Waals surface area contributed by atoms with Crippen LogP contribution >= 0.6 is 11.6 Å². The molecule has 2 aromatic rings. The van der Waals surface area contributed by atoms with Crippen molar-refractivity contribution >= 4 is 28.5 Å². The number of aromatic nitrogens is 1. The molecule has 0 spiro atoms. The van der Waals surface area contributed by atoms with Crippen LogP contribution < -0.4 is 4.74 Å². The van der Waals surface area contributed by atoms with Crippen molar-refractivity contribution in [2.24, 2.45) is 0 Å². The topological polar surface area (TPSA) is 62.7 Å². The fourth-order valence-electron chi connectivity index (χ4n) is 2.59. The number of hydrogen-bond acceptors (Lipinski definition) is 3. The smallest absolute Gasteiger partial charge is 0.407 e. The van der Waals surface area contributed by atoms with E-state index in [9.17, 15) is 4.79 Å². The van der Waals surface area contributed by atoms with Gasteiger partial charge in [-0.05, 0) is 42.5 Å². The van der Waals surface area contributed by atoms with Crippen LogP contribution in [0.4, 0.5) is 4.79 Å².